The number of amides is 1. The first kappa shape index (κ1) is 22.6. The highest BCUT2D eigenvalue weighted by Gasteiger charge is 2.35. The minimum Gasteiger partial charge on any atom is -0.311 e. The van der Waals surface area contributed by atoms with Crippen LogP contribution in [0, 0.1) is 11.7 Å². The number of carbonyl (C=O) groups is 1. The molecule has 1 fully saturated rings. The topological polar surface area (TPSA) is 57.7 Å². The summed E-state index contributed by atoms with van der Waals surface area (Å²) in [5, 5.41) is 0.200. The van der Waals surface area contributed by atoms with Crippen molar-refractivity contribution in [2.75, 3.05) is 24.5 Å². The van der Waals surface area contributed by atoms with E-state index in [-0.39, 0.29) is 34.8 Å². The Labute approximate surface area is 191 Å². The molecule has 0 N–H and O–H groups in total. The predicted octanol–water partition coefficient (Wildman–Crippen LogP) is 4.80. The van der Waals surface area contributed by atoms with Gasteiger partial charge in [0.1, 0.15) is 5.82 Å². The Morgan fingerprint density at radius 2 is 1.81 bits per heavy atom. The van der Waals surface area contributed by atoms with Gasteiger partial charge in [0.25, 0.3) is 0 Å². The summed E-state index contributed by atoms with van der Waals surface area (Å²) in [5.41, 5.74) is 0.942. The second-order valence-corrected chi connectivity index (χ2v) is 11.8. The van der Waals surface area contributed by atoms with Crippen LogP contribution in [-0.2, 0) is 14.8 Å². The highest BCUT2D eigenvalue weighted by Crippen LogP contribution is 2.38. The molecule has 2 aromatic carbocycles. The molecule has 0 radical (unpaired) electrons. The van der Waals surface area contributed by atoms with Gasteiger partial charge in [-0.2, -0.15) is 4.31 Å². The molecule has 0 saturated carbocycles. The first-order valence-corrected chi connectivity index (χ1v) is 13.0. The Morgan fingerprint density at radius 3 is 2.52 bits per heavy atom. The van der Waals surface area contributed by atoms with E-state index in [0.29, 0.717) is 24.6 Å². The zero-order valence-electron chi connectivity index (χ0n) is 17.1. The maximum absolute atomic E-state index is 13.4. The molecule has 166 valence electrons. The highest BCUT2D eigenvalue weighted by atomic mass is 35.5. The van der Waals surface area contributed by atoms with Gasteiger partial charge in [-0.15, -0.1) is 11.8 Å². The van der Waals surface area contributed by atoms with Crippen LogP contribution in [0.2, 0.25) is 5.02 Å². The fourth-order valence-electron chi connectivity index (χ4n) is 4.07. The summed E-state index contributed by atoms with van der Waals surface area (Å²) in [5.74, 6) is -0.825. The molecule has 2 aliphatic rings. The van der Waals surface area contributed by atoms with Gasteiger partial charge < -0.3 is 4.90 Å². The lowest BCUT2D eigenvalue weighted by molar-refractivity contribution is -0.123. The summed E-state index contributed by atoms with van der Waals surface area (Å²) in [4.78, 5) is 16.3. The highest BCUT2D eigenvalue weighted by molar-refractivity contribution is 8.00. The number of nitrogens with zero attached hydrogens (tertiary/aromatic N) is 2. The van der Waals surface area contributed by atoms with Gasteiger partial charge in [-0.05, 0) is 49.6 Å². The molecule has 1 amide bonds. The molecule has 0 aliphatic carbocycles. The summed E-state index contributed by atoms with van der Waals surface area (Å²) in [6.07, 6.45) is 1.81. The third kappa shape index (κ3) is 4.62. The number of hydrogen-bond donors (Lipinski definition) is 0. The monoisotopic (exact) mass is 482 g/mol. The SMILES string of the molecule is CC1CCN(C(=O)C2CCN(S(=O)(=O)c3ccc(F)c(Cl)c3)CC2)c2ccccc2S1. The van der Waals surface area contributed by atoms with E-state index in [2.05, 4.69) is 6.92 Å². The molecule has 5 nitrogen and oxygen atoms in total. The summed E-state index contributed by atoms with van der Waals surface area (Å²) in [6, 6.07) is 11.4. The smallest absolute Gasteiger partial charge is 0.243 e. The van der Waals surface area contributed by atoms with Crippen LogP contribution < -0.4 is 4.90 Å². The van der Waals surface area contributed by atoms with E-state index < -0.39 is 15.8 Å². The number of hydrogen-bond acceptors (Lipinski definition) is 4. The molecule has 1 saturated heterocycles. The number of rotatable bonds is 3. The second kappa shape index (κ2) is 9.10. The van der Waals surface area contributed by atoms with Crippen LogP contribution in [0.1, 0.15) is 26.2 Å². The fraction of sp³-hybridized carbons (Fsp3) is 0.409. The number of benzene rings is 2. The second-order valence-electron chi connectivity index (χ2n) is 7.93. The third-order valence-corrected chi connectivity index (χ3v) is 9.26. The van der Waals surface area contributed by atoms with Crippen molar-refractivity contribution in [3.63, 3.8) is 0 Å². The minimum absolute atomic E-state index is 0.0314. The van der Waals surface area contributed by atoms with Crippen molar-refractivity contribution in [1.29, 1.82) is 0 Å². The van der Waals surface area contributed by atoms with Gasteiger partial charge in [0.2, 0.25) is 15.9 Å². The number of para-hydroxylation sites is 1. The van der Waals surface area contributed by atoms with Crippen LogP contribution in [0.5, 0.6) is 0 Å². The lowest BCUT2D eigenvalue weighted by atomic mass is 9.96. The lowest BCUT2D eigenvalue weighted by Crippen LogP contribution is -2.44. The number of thioether (sulfide) groups is 1. The van der Waals surface area contributed by atoms with E-state index in [4.69, 9.17) is 11.6 Å². The maximum Gasteiger partial charge on any atom is 0.243 e. The Morgan fingerprint density at radius 1 is 1.10 bits per heavy atom. The molecular weight excluding hydrogens is 459 g/mol. The van der Waals surface area contributed by atoms with Gasteiger partial charge in [0, 0.05) is 35.7 Å². The van der Waals surface area contributed by atoms with Gasteiger partial charge >= 0.3 is 0 Å². The average molecular weight is 483 g/mol. The van der Waals surface area contributed by atoms with Gasteiger partial charge in [0.15, 0.2) is 0 Å². The summed E-state index contributed by atoms with van der Waals surface area (Å²) in [6.45, 7) is 3.32. The van der Waals surface area contributed by atoms with Crippen LogP contribution in [0.3, 0.4) is 0 Å². The van der Waals surface area contributed by atoms with E-state index in [1.54, 1.807) is 11.8 Å². The number of carbonyl (C=O) groups excluding carboxylic acids is 1. The van der Waals surface area contributed by atoms with Gasteiger partial charge in [-0.25, -0.2) is 12.8 Å². The molecule has 2 heterocycles. The Bertz CT molecular complexity index is 1090. The van der Waals surface area contributed by atoms with Crippen molar-refractivity contribution in [3.05, 3.63) is 53.3 Å². The molecule has 9 heteroatoms. The van der Waals surface area contributed by atoms with Crippen LogP contribution >= 0.6 is 23.4 Å². The minimum atomic E-state index is -3.78. The van der Waals surface area contributed by atoms with Gasteiger partial charge in [-0.1, -0.05) is 30.7 Å². The standard InChI is InChI=1S/C22H24ClFN2O3S2/c1-15-8-13-26(20-4-2-3-5-21(20)30-15)22(27)16-9-11-25(12-10-16)31(28,29)17-6-7-19(24)18(23)14-17/h2-7,14-16H,8-13H2,1H3. The normalized spacial score (nSPS) is 20.9. The van der Waals surface area contributed by atoms with Crippen molar-refractivity contribution in [2.24, 2.45) is 5.92 Å². The third-order valence-electron chi connectivity index (χ3n) is 5.84. The fourth-order valence-corrected chi connectivity index (χ4v) is 6.92. The summed E-state index contributed by atoms with van der Waals surface area (Å²) >= 11 is 7.55. The molecule has 1 unspecified atom stereocenters. The lowest BCUT2D eigenvalue weighted by Gasteiger charge is -2.33. The van der Waals surface area contributed by atoms with Crippen LogP contribution in [-0.4, -0.2) is 43.5 Å². The van der Waals surface area contributed by atoms with E-state index in [9.17, 15) is 17.6 Å². The quantitative estimate of drug-likeness (QED) is 0.630. The average Bonchev–Trinajstić information content (AvgIpc) is 2.93. The maximum atomic E-state index is 13.4. The first-order chi connectivity index (χ1) is 14.8. The van der Waals surface area contributed by atoms with Gasteiger partial charge in [-0.3, -0.25) is 4.79 Å². The molecule has 0 aromatic heterocycles. The predicted molar refractivity (Wildman–Crippen MR) is 122 cm³/mol. The van der Waals surface area contributed by atoms with E-state index in [1.165, 1.54) is 10.4 Å². The van der Waals surface area contributed by atoms with Crippen LogP contribution in [0.4, 0.5) is 10.1 Å². The van der Waals surface area contributed by atoms with Crippen LogP contribution in [0.15, 0.2) is 52.3 Å². The molecule has 1 atom stereocenters. The summed E-state index contributed by atoms with van der Waals surface area (Å²) in [7, 11) is -3.78. The van der Waals surface area contributed by atoms with Gasteiger partial charge in [0.05, 0.1) is 15.6 Å². The Hall–Kier alpha value is -1.61. The molecule has 31 heavy (non-hydrogen) atoms. The number of anilines is 1. The Kier molecular flexibility index (Phi) is 6.62. The number of halogens is 2. The first-order valence-electron chi connectivity index (χ1n) is 10.3. The van der Waals surface area contributed by atoms with E-state index >= 15 is 0 Å². The molecular formula is C22H24ClFN2O3S2. The van der Waals surface area contributed by atoms with E-state index in [1.807, 2.05) is 29.2 Å². The van der Waals surface area contributed by atoms with Crippen molar-refractivity contribution < 1.29 is 17.6 Å². The summed E-state index contributed by atoms with van der Waals surface area (Å²) < 4.78 is 40.6. The molecule has 4 rings (SSSR count). The zero-order chi connectivity index (χ0) is 22.2. The molecule has 2 aliphatic heterocycles. The number of sulfonamides is 1. The van der Waals surface area contributed by atoms with Crippen molar-refractivity contribution in [2.45, 2.75) is 41.2 Å². The van der Waals surface area contributed by atoms with Crippen LogP contribution in [0.25, 0.3) is 0 Å². The van der Waals surface area contributed by atoms with E-state index in [0.717, 1.165) is 29.1 Å². The number of fused-ring (bicyclic) bond motifs is 1. The number of piperidine rings is 1. The zero-order valence-corrected chi connectivity index (χ0v) is 19.5. The van der Waals surface area contributed by atoms with Crippen molar-refractivity contribution in [3.8, 4) is 0 Å². The molecule has 0 bridgehead atoms. The molecule has 0 spiro atoms. The van der Waals surface area contributed by atoms with Crippen molar-refractivity contribution in [1.82, 2.24) is 4.31 Å². The molecule has 2 aromatic rings. The van der Waals surface area contributed by atoms with Crippen molar-refractivity contribution >= 4 is 45.0 Å². The largest absolute Gasteiger partial charge is 0.311 e. The Balaban J connectivity index is 1.47.